The van der Waals surface area contributed by atoms with E-state index in [0.29, 0.717) is 12.3 Å². The summed E-state index contributed by atoms with van der Waals surface area (Å²) in [4.78, 5) is 0. The first-order valence-electron chi connectivity index (χ1n) is 5.34. The summed E-state index contributed by atoms with van der Waals surface area (Å²) in [5, 5.41) is 14.6. The van der Waals surface area contributed by atoms with E-state index in [-0.39, 0.29) is 0 Å². The van der Waals surface area contributed by atoms with E-state index in [4.69, 9.17) is 10.9 Å². The van der Waals surface area contributed by atoms with Crippen LogP contribution < -0.4 is 11.1 Å². The molecule has 84 valence electrons. The molecule has 0 rings (SSSR count). The predicted molar refractivity (Wildman–Crippen MR) is 59.6 cm³/mol. The zero-order valence-electron chi connectivity index (χ0n) is 9.29. The molecule has 0 atom stereocenters. The number of amidine groups is 1. The fourth-order valence-electron chi connectivity index (χ4n) is 1.12. The van der Waals surface area contributed by atoms with Gasteiger partial charge in [0.2, 0.25) is 0 Å². The molecule has 0 amide bonds. The minimum absolute atomic E-state index is 0.326. The average molecular weight is 201 g/mol. The van der Waals surface area contributed by atoms with Gasteiger partial charge in [0, 0.05) is 6.42 Å². The lowest BCUT2D eigenvalue weighted by molar-refractivity contribution is 0.316. The Kier molecular flexibility index (Phi) is 8.33. The van der Waals surface area contributed by atoms with E-state index in [1.807, 2.05) is 0 Å². The molecule has 0 aliphatic heterocycles. The Morgan fingerprint density at radius 1 is 1.36 bits per heavy atom. The summed E-state index contributed by atoms with van der Waals surface area (Å²) in [6.45, 7) is 6.55. The van der Waals surface area contributed by atoms with Crippen LogP contribution in [-0.4, -0.2) is 24.1 Å². The van der Waals surface area contributed by atoms with Crippen molar-refractivity contribution in [2.24, 2.45) is 16.8 Å². The van der Waals surface area contributed by atoms with Crippen molar-refractivity contribution in [3.63, 3.8) is 0 Å². The maximum Gasteiger partial charge on any atom is 0.139 e. The zero-order valence-corrected chi connectivity index (χ0v) is 9.29. The van der Waals surface area contributed by atoms with Crippen LogP contribution in [-0.2, 0) is 0 Å². The van der Waals surface area contributed by atoms with Crippen LogP contribution in [0.3, 0.4) is 0 Å². The second kappa shape index (κ2) is 8.81. The summed E-state index contributed by atoms with van der Waals surface area (Å²) >= 11 is 0. The summed E-state index contributed by atoms with van der Waals surface area (Å²) in [6.07, 6.45) is 3.96. The minimum Gasteiger partial charge on any atom is -0.409 e. The van der Waals surface area contributed by atoms with Crippen molar-refractivity contribution in [1.82, 2.24) is 5.32 Å². The largest absolute Gasteiger partial charge is 0.409 e. The molecule has 0 aliphatic carbocycles. The number of nitrogens with two attached hydrogens (primary N) is 1. The number of nitrogens with zero attached hydrogens (tertiary/aromatic N) is 1. The highest BCUT2D eigenvalue weighted by Gasteiger charge is 1.95. The Balaban J connectivity index is 3.07. The number of oxime groups is 1. The predicted octanol–water partition coefficient (Wildman–Crippen LogP) is 1.54. The summed E-state index contributed by atoms with van der Waals surface area (Å²) in [5.41, 5.74) is 5.33. The van der Waals surface area contributed by atoms with Crippen LogP contribution in [0.5, 0.6) is 0 Å². The maximum absolute atomic E-state index is 8.28. The highest BCUT2D eigenvalue weighted by Crippen LogP contribution is 1.97. The van der Waals surface area contributed by atoms with Crippen LogP contribution in [0.4, 0.5) is 0 Å². The van der Waals surface area contributed by atoms with Crippen LogP contribution in [0.1, 0.15) is 39.5 Å². The molecular formula is C10H23N3O. The molecule has 0 fully saturated rings. The van der Waals surface area contributed by atoms with E-state index in [0.717, 1.165) is 31.8 Å². The summed E-state index contributed by atoms with van der Waals surface area (Å²) in [6, 6.07) is 0. The van der Waals surface area contributed by atoms with E-state index in [9.17, 15) is 0 Å². The van der Waals surface area contributed by atoms with E-state index in [1.165, 1.54) is 6.42 Å². The number of nitrogens with one attached hydrogen (secondary N) is 1. The van der Waals surface area contributed by atoms with Crippen LogP contribution in [0.25, 0.3) is 0 Å². The average Bonchev–Trinajstić information content (AvgIpc) is 2.15. The highest BCUT2D eigenvalue weighted by molar-refractivity contribution is 5.79. The van der Waals surface area contributed by atoms with Crippen molar-refractivity contribution in [3.05, 3.63) is 0 Å². The van der Waals surface area contributed by atoms with E-state index in [2.05, 4.69) is 24.3 Å². The van der Waals surface area contributed by atoms with Crippen molar-refractivity contribution in [2.45, 2.75) is 39.5 Å². The highest BCUT2D eigenvalue weighted by atomic mass is 16.4. The molecule has 4 N–H and O–H groups in total. The van der Waals surface area contributed by atoms with Gasteiger partial charge in [0.1, 0.15) is 5.84 Å². The number of rotatable bonds is 8. The van der Waals surface area contributed by atoms with Crippen molar-refractivity contribution in [3.8, 4) is 0 Å². The lowest BCUT2D eigenvalue weighted by atomic mass is 10.1. The Bertz CT molecular complexity index is 157. The molecule has 4 heteroatoms. The van der Waals surface area contributed by atoms with Gasteiger partial charge in [-0.2, -0.15) is 0 Å². The third-order valence-electron chi connectivity index (χ3n) is 2.06. The van der Waals surface area contributed by atoms with Crippen LogP contribution >= 0.6 is 0 Å². The van der Waals surface area contributed by atoms with Gasteiger partial charge < -0.3 is 16.3 Å². The van der Waals surface area contributed by atoms with Gasteiger partial charge in [0.15, 0.2) is 0 Å². The van der Waals surface area contributed by atoms with Gasteiger partial charge in [-0.05, 0) is 38.3 Å². The van der Waals surface area contributed by atoms with Crippen molar-refractivity contribution >= 4 is 5.84 Å². The van der Waals surface area contributed by atoms with E-state index < -0.39 is 0 Å². The first-order chi connectivity index (χ1) is 6.66. The fraction of sp³-hybridized carbons (Fsp3) is 0.900. The van der Waals surface area contributed by atoms with Gasteiger partial charge in [0.05, 0.1) is 0 Å². The van der Waals surface area contributed by atoms with Gasteiger partial charge in [-0.3, -0.25) is 0 Å². The normalized spacial score (nSPS) is 12.4. The second-order valence-corrected chi connectivity index (χ2v) is 3.98. The Labute approximate surface area is 86.6 Å². The molecule has 0 radical (unpaired) electrons. The number of hydrogen-bond donors (Lipinski definition) is 3. The quantitative estimate of drug-likeness (QED) is 0.183. The van der Waals surface area contributed by atoms with Gasteiger partial charge in [-0.1, -0.05) is 19.0 Å². The molecule has 0 saturated heterocycles. The van der Waals surface area contributed by atoms with Crippen LogP contribution in [0.15, 0.2) is 5.16 Å². The third kappa shape index (κ3) is 9.32. The van der Waals surface area contributed by atoms with Gasteiger partial charge in [-0.25, -0.2) is 0 Å². The standard InChI is InChI=1S/C10H23N3O/c1-9(2)6-8-12-7-4-3-5-10(11)13-14/h9,12,14H,3-8H2,1-2H3,(H2,11,13). The molecule has 0 aliphatic rings. The third-order valence-corrected chi connectivity index (χ3v) is 2.06. The Morgan fingerprint density at radius 2 is 2.07 bits per heavy atom. The molecule has 0 unspecified atom stereocenters. The molecule has 0 spiro atoms. The van der Waals surface area contributed by atoms with Gasteiger partial charge in [-0.15, -0.1) is 0 Å². The Morgan fingerprint density at radius 3 is 2.64 bits per heavy atom. The van der Waals surface area contributed by atoms with Crippen LogP contribution in [0, 0.1) is 5.92 Å². The smallest absolute Gasteiger partial charge is 0.139 e. The fourth-order valence-corrected chi connectivity index (χ4v) is 1.12. The Hall–Kier alpha value is -0.770. The van der Waals surface area contributed by atoms with Crippen molar-refractivity contribution in [1.29, 1.82) is 0 Å². The minimum atomic E-state index is 0.326. The van der Waals surface area contributed by atoms with Gasteiger partial charge >= 0.3 is 0 Å². The maximum atomic E-state index is 8.28. The van der Waals surface area contributed by atoms with E-state index >= 15 is 0 Å². The number of unbranched alkanes of at least 4 members (excludes halogenated alkanes) is 1. The van der Waals surface area contributed by atoms with E-state index in [1.54, 1.807) is 0 Å². The summed E-state index contributed by atoms with van der Waals surface area (Å²) in [7, 11) is 0. The molecule has 0 heterocycles. The first kappa shape index (κ1) is 13.2. The lowest BCUT2D eigenvalue weighted by Gasteiger charge is -2.06. The molecule has 0 aromatic rings. The molecule has 14 heavy (non-hydrogen) atoms. The second-order valence-electron chi connectivity index (χ2n) is 3.98. The van der Waals surface area contributed by atoms with Crippen molar-refractivity contribution < 1.29 is 5.21 Å². The molecule has 0 saturated carbocycles. The van der Waals surface area contributed by atoms with Crippen molar-refractivity contribution in [2.75, 3.05) is 13.1 Å². The lowest BCUT2D eigenvalue weighted by Crippen LogP contribution is -2.19. The molecule has 0 bridgehead atoms. The molecule has 4 nitrogen and oxygen atoms in total. The SMILES string of the molecule is CC(C)CCNCCCCC(N)=NO. The topological polar surface area (TPSA) is 70.6 Å². The molecule has 0 aromatic carbocycles. The molecular weight excluding hydrogens is 178 g/mol. The van der Waals surface area contributed by atoms with Crippen LogP contribution in [0.2, 0.25) is 0 Å². The summed E-state index contributed by atoms with van der Waals surface area (Å²) < 4.78 is 0. The number of hydrogen-bond acceptors (Lipinski definition) is 3. The summed E-state index contributed by atoms with van der Waals surface area (Å²) in [5.74, 6) is 1.09. The molecule has 0 aromatic heterocycles. The van der Waals surface area contributed by atoms with Gasteiger partial charge in [0.25, 0.3) is 0 Å². The monoisotopic (exact) mass is 201 g/mol. The zero-order chi connectivity index (χ0) is 10.8. The first-order valence-corrected chi connectivity index (χ1v) is 5.34.